The van der Waals surface area contributed by atoms with Gasteiger partial charge in [0, 0.05) is 45.8 Å². The van der Waals surface area contributed by atoms with Crippen molar-refractivity contribution in [3.63, 3.8) is 0 Å². The largest absolute Gasteiger partial charge is 0.784 e. The summed E-state index contributed by atoms with van der Waals surface area (Å²) >= 11 is 6.28. The molecule has 3 heterocycles. The molecule has 2 aliphatic rings. The Kier molecular flexibility index (Phi) is 3.91. The second-order valence-corrected chi connectivity index (χ2v) is 7.66. The van der Waals surface area contributed by atoms with Gasteiger partial charge in [-0.15, -0.1) is 0 Å². The number of hydrogen-bond donors (Lipinski definition) is 2. The first-order chi connectivity index (χ1) is 13.6. The molecule has 0 saturated heterocycles. The molecule has 0 saturated carbocycles. The maximum Gasteiger partial charge on any atom is 0.322 e. The standard InChI is InChI=1S/C21H19ClN3O3/c1-2-28-20(26)18-10-14-13-5-3-4-6-16(13)24-19(14)21(25(18)27)11-23-17-8-7-12(22)9-15(17)21/h3-9,18,23-24H,2,10-11H2,1H3/q-1/t18-,21-/m1/s1. The Hall–Kier alpha value is -2.54. The van der Waals surface area contributed by atoms with Gasteiger partial charge >= 0.3 is 5.97 Å². The lowest BCUT2D eigenvalue weighted by Crippen LogP contribution is -2.57. The van der Waals surface area contributed by atoms with Gasteiger partial charge < -0.3 is 25.3 Å². The summed E-state index contributed by atoms with van der Waals surface area (Å²) in [6.07, 6.45) is 0.305. The van der Waals surface area contributed by atoms with E-state index >= 15 is 0 Å². The van der Waals surface area contributed by atoms with E-state index in [1.807, 2.05) is 36.4 Å². The number of nitrogens with zero attached hydrogens (tertiary/aromatic N) is 1. The number of rotatable bonds is 2. The van der Waals surface area contributed by atoms with E-state index in [4.69, 9.17) is 16.3 Å². The van der Waals surface area contributed by atoms with Crippen LogP contribution < -0.4 is 5.32 Å². The molecule has 144 valence electrons. The first kappa shape index (κ1) is 17.6. The zero-order valence-corrected chi connectivity index (χ0v) is 16.0. The summed E-state index contributed by atoms with van der Waals surface area (Å²) in [6.45, 7) is 2.33. The number of halogens is 1. The fourth-order valence-corrected chi connectivity index (χ4v) is 4.76. The molecule has 5 rings (SSSR count). The highest BCUT2D eigenvalue weighted by Gasteiger charge is 2.51. The van der Waals surface area contributed by atoms with Crippen LogP contribution in [0.2, 0.25) is 5.02 Å². The van der Waals surface area contributed by atoms with Crippen LogP contribution in [0.25, 0.3) is 10.9 Å². The molecule has 28 heavy (non-hydrogen) atoms. The molecule has 2 N–H and O–H groups in total. The van der Waals surface area contributed by atoms with Crippen LogP contribution in [-0.4, -0.2) is 35.2 Å². The number of carbonyl (C=O) groups excluding carboxylic acids is 1. The number of esters is 1. The molecule has 2 aliphatic heterocycles. The fraction of sp³-hybridized carbons (Fsp3) is 0.286. The number of benzene rings is 2. The summed E-state index contributed by atoms with van der Waals surface area (Å²) in [7, 11) is 0. The molecule has 0 bridgehead atoms. The highest BCUT2D eigenvalue weighted by molar-refractivity contribution is 6.30. The number of aromatic amines is 1. The van der Waals surface area contributed by atoms with Crippen LogP contribution in [0.3, 0.4) is 0 Å². The van der Waals surface area contributed by atoms with Crippen molar-refractivity contribution in [3.05, 3.63) is 69.5 Å². The first-order valence-electron chi connectivity index (χ1n) is 9.33. The lowest BCUT2D eigenvalue weighted by Gasteiger charge is -2.52. The molecule has 2 atom stereocenters. The summed E-state index contributed by atoms with van der Waals surface area (Å²) in [5.74, 6) is -0.497. The molecule has 1 aromatic heterocycles. The number of anilines is 1. The second-order valence-electron chi connectivity index (χ2n) is 7.23. The Morgan fingerprint density at radius 2 is 2.18 bits per heavy atom. The number of hydrogen-bond acceptors (Lipinski definition) is 5. The van der Waals surface area contributed by atoms with Crippen molar-refractivity contribution in [2.45, 2.75) is 24.9 Å². The predicted molar refractivity (Wildman–Crippen MR) is 108 cm³/mol. The number of carbonyl (C=O) groups is 1. The van der Waals surface area contributed by atoms with Crippen molar-refractivity contribution < 1.29 is 9.53 Å². The Labute approximate surface area is 167 Å². The Morgan fingerprint density at radius 3 is 3.00 bits per heavy atom. The molecule has 6 nitrogen and oxygen atoms in total. The summed E-state index contributed by atoms with van der Waals surface area (Å²) in [4.78, 5) is 16.1. The molecule has 2 aromatic carbocycles. The summed E-state index contributed by atoms with van der Waals surface area (Å²) < 4.78 is 5.23. The zero-order valence-electron chi connectivity index (χ0n) is 15.3. The molecule has 0 unspecified atom stereocenters. The molecule has 0 aliphatic carbocycles. The van der Waals surface area contributed by atoms with Crippen molar-refractivity contribution >= 4 is 34.2 Å². The average Bonchev–Trinajstić information content (AvgIpc) is 3.24. The van der Waals surface area contributed by atoms with Crippen molar-refractivity contribution in [3.8, 4) is 0 Å². The number of hydroxylamine groups is 2. The highest BCUT2D eigenvalue weighted by atomic mass is 35.5. The van der Waals surface area contributed by atoms with Crippen molar-refractivity contribution in [1.29, 1.82) is 0 Å². The molecule has 3 aromatic rings. The topological polar surface area (TPSA) is 80.4 Å². The van der Waals surface area contributed by atoms with Gasteiger partial charge in [-0.25, -0.2) is 0 Å². The van der Waals surface area contributed by atoms with E-state index in [9.17, 15) is 10.0 Å². The third-order valence-corrected chi connectivity index (χ3v) is 6.04. The quantitative estimate of drug-likeness (QED) is 0.644. The summed E-state index contributed by atoms with van der Waals surface area (Å²) in [6, 6.07) is 12.5. The smallest absolute Gasteiger partial charge is 0.322 e. The Balaban J connectivity index is 1.79. The molecular formula is C21H19ClN3O3-. The molecule has 7 heteroatoms. The van der Waals surface area contributed by atoms with Crippen LogP contribution in [0.4, 0.5) is 5.69 Å². The van der Waals surface area contributed by atoms with E-state index in [0.717, 1.165) is 38.5 Å². The van der Waals surface area contributed by atoms with E-state index in [-0.39, 0.29) is 6.61 Å². The van der Waals surface area contributed by atoms with Crippen molar-refractivity contribution in [1.82, 2.24) is 10.0 Å². The minimum absolute atomic E-state index is 0.234. The maximum atomic E-state index is 13.7. The van der Waals surface area contributed by atoms with Crippen LogP contribution in [0.15, 0.2) is 42.5 Å². The Morgan fingerprint density at radius 1 is 1.36 bits per heavy atom. The number of H-pyrrole nitrogens is 1. The molecule has 1 spiro atoms. The van der Waals surface area contributed by atoms with Crippen LogP contribution in [0, 0.1) is 5.21 Å². The van der Waals surface area contributed by atoms with Gasteiger partial charge in [-0.2, -0.15) is 0 Å². The zero-order chi connectivity index (χ0) is 19.5. The van der Waals surface area contributed by atoms with Gasteiger partial charge in [-0.05, 0) is 36.8 Å². The normalized spacial score (nSPS) is 23.5. The third-order valence-electron chi connectivity index (χ3n) is 5.80. The van der Waals surface area contributed by atoms with Crippen molar-refractivity contribution in [2.24, 2.45) is 0 Å². The number of fused-ring (bicyclic) bond motifs is 6. The number of ether oxygens (including phenoxy) is 1. The maximum absolute atomic E-state index is 13.7. The van der Waals surface area contributed by atoms with E-state index in [1.165, 1.54) is 0 Å². The number of aromatic nitrogens is 1. The van der Waals surface area contributed by atoms with Gasteiger partial charge in [0.2, 0.25) is 0 Å². The Bertz CT molecular complexity index is 1100. The summed E-state index contributed by atoms with van der Waals surface area (Å²) in [5.41, 5.74) is 3.30. The van der Waals surface area contributed by atoms with Gasteiger partial charge in [0.1, 0.15) is 6.04 Å². The van der Waals surface area contributed by atoms with E-state index in [0.29, 0.717) is 18.0 Å². The van der Waals surface area contributed by atoms with Crippen molar-refractivity contribution in [2.75, 3.05) is 18.5 Å². The lowest BCUT2D eigenvalue weighted by atomic mass is 9.79. The van der Waals surface area contributed by atoms with Crippen LogP contribution in [0.5, 0.6) is 0 Å². The third kappa shape index (κ3) is 2.25. The first-order valence-corrected chi connectivity index (χ1v) is 9.71. The molecule has 0 fully saturated rings. The number of nitrogens with one attached hydrogen (secondary N) is 2. The predicted octanol–water partition coefficient (Wildman–Crippen LogP) is 3.78. The minimum atomic E-state index is -1.07. The lowest BCUT2D eigenvalue weighted by molar-refractivity contribution is -0.150. The molecule has 0 amide bonds. The number of para-hydroxylation sites is 1. The van der Waals surface area contributed by atoms with E-state index in [2.05, 4.69) is 10.3 Å². The SMILES string of the molecule is CCOC(=O)[C@H]1Cc2c([nH]c3ccccc23)[C@]2(CNc3ccc(Cl)cc32)N1[O-]. The van der Waals surface area contributed by atoms with Gasteiger partial charge in [0.15, 0.2) is 0 Å². The molecular weight excluding hydrogens is 378 g/mol. The average molecular weight is 397 g/mol. The van der Waals surface area contributed by atoms with E-state index < -0.39 is 17.6 Å². The van der Waals surface area contributed by atoms with Gasteiger partial charge in [0.25, 0.3) is 0 Å². The minimum Gasteiger partial charge on any atom is -0.784 e. The molecule has 0 radical (unpaired) electrons. The van der Waals surface area contributed by atoms with Crippen LogP contribution >= 0.6 is 11.6 Å². The van der Waals surface area contributed by atoms with Crippen LogP contribution in [-0.2, 0) is 21.5 Å². The van der Waals surface area contributed by atoms with Gasteiger partial charge in [-0.3, -0.25) is 4.79 Å². The fourth-order valence-electron chi connectivity index (χ4n) is 4.59. The van der Waals surface area contributed by atoms with Gasteiger partial charge in [0.05, 0.1) is 12.1 Å². The monoisotopic (exact) mass is 396 g/mol. The van der Waals surface area contributed by atoms with Crippen LogP contribution in [0.1, 0.15) is 23.7 Å². The van der Waals surface area contributed by atoms with Gasteiger partial charge in [-0.1, -0.05) is 29.8 Å². The summed E-state index contributed by atoms with van der Waals surface area (Å²) in [5, 5.41) is 19.5. The highest BCUT2D eigenvalue weighted by Crippen LogP contribution is 2.50. The second kappa shape index (κ2) is 6.24. The van der Waals surface area contributed by atoms with E-state index in [1.54, 1.807) is 13.0 Å².